The molecule has 0 bridgehead atoms. The minimum absolute atomic E-state index is 0.775. The Labute approximate surface area is 116 Å². The Bertz CT molecular complexity index is 358. The predicted octanol–water partition coefficient (Wildman–Crippen LogP) is 1.88. The number of hydrogen-bond donors (Lipinski definition) is 1. The molecule has 106 valence electrons. The number of nitrogens with zero attached hydrogens (tertiary/aromatic N) is 3. The number of piperidine rings is 1. The van der Waals surface area contributed by atoms with Crippen LogP contribution in [0.1, 0.15) is 38.5 Å². The highest BCUT2D eigenvalue weighted by atomic mass is 15.2. The maximum atomic E-state index is 4.10. The first-order chi connectivity index (χ1) is 9.42. The first kappa shape index (κ1) is 13.1. The summed E-state index contributed by atoms with van der Waals surface area (Å²) >= 11 is 0. The predicted molar refractivity (Wildman–Crippen MR) is 77.1 cm³/mol. The van der Waals surface area contributed by atoms with Crippen molar-refractivity contribution in [1.29, 1.82) is 0 Å². The Hall–Kier alpha value is -0.870. The lowest BCUT2D eigenvalue weighted by Gasteiger charge is -2.36. The normalized spacial score (nSPS) is 24.7. The third kappa shape index (κ3) is 4.05. The minimum atomic E-state index is 0.775. The summed E-state index contributed by atoms with van der Waals surface area (Å²) in [6, 6.07) is 1.62. The van der Waals surface area contributed by atoms with Crippen molar-refractivity contribution < 1.29 is 0 Å². The number of aromatic nitrogens is 2. The van der Waals surface area contributed by atoms with Crippen LogP contribution < -0.4 is 5.32 Å². The SMILES string of the molecule is c1cn(CCCN2CCCCC2CNC2CC2)cn1. The quantitative estimate of drug-likeness (QED) is 0.814. The summed E-state index contributed by atoms with van der Waals surface area (Å²) in [5, 5.41) is 3.70. The molecule has 3 rings (SSSR count). The van der Waals surface area contributed by atoms with E-state index in [9.17, 15) is 0 Å². The Morgan fingerprint density at radius 3 is 2.89 bits per heavy atom. The number of hydrogen-bond acceptors (Lipinski definition) is 3. The van der Waals surface area contributed by atoms with E-state index in [1.54, 1.807) is 0 Å². The van der Waals surface area contributed by atoms with Gasteiger partial charge in [0.1, 0.15) is 0 Å². The fraction of sp³-hybridized carbons (Fsp3) is 0.800. The van der Waals surface area contributed by atoms with Crippen LogP contribution in [0.4, 0.5) is 0 Å². The summed E-state index contributed by atoms with van der Waals surface area (Å²) in [5.41, 5.74) is 0. The van der Waals surface area contributed by atoms with Gasteiger partial charge in [-0.3, -0.25) is 4.90 Å². The van der Waals surface area contributed by atoms with Crippen molar-refractivity contribution in [3.8, 4) is 0 Å². The van der Waals surface area contributed by atoms with Gasteiger partial charge in [0.2, 0.25) is 0 Å². The van der Waals surface area contributed by atoms with Crippen LogP contribution in [-0.4, -0.2) is 46.2 Å². The van der Waals surface area contributed by atoms with Gasteiger partial charge >= 0.3 is 0 Å². The fourth-order valence-corrected chi connectivity index (χ4v) is 3.05. The largest absolute Gasteiger partial charge is 0.337 e. The van der Waals surface area contributed by atoms with Gasteiger partial charge < -0.3 is 9.88 Å². The van der Waals surface area contributed by atoms with Crippen LogP contribution in [0.25, 0.3) is 0 Å². The molecule has 0 aromatic carbocycles. The first-order valence-electron chi connectivity index (χ1n) is 7.85. The molecule has 1 aliphatic heterocycles. The van der Waals surface area contributed by atoms with Crippen molar-refractivity contribution in [2.45, 2.75) is 57.2 Å². The van der Waals surface area contributed by atoms with Gasteiger partial charge in [-0.15, -0.1) is 0 Å². The zero-order valence-corrected chi connectivity index (χ0v) is 11.8. The van der Waals surface area contributed by atoms with E-state index in [-0.39, 0.29) is 0 Å². The lowest BCUT2D eigenvalue weighted by Crippen LogP contribution is -2.46. The van der Waals surface area contributed by atoms with Crippen molar-refractivity contribution in [1.82, 2.24) is 19.8 Å². The summed E-state index contributed by atoms with van der Waals surface area (Å²) in [5.74, 6) is 0. The van der Waals surface area contributed by atoms with Gasteiger partial charge in [0.05, 0.1) is 6.33 Å². The highest BCUT2D eigenvalue weighted by molar-refractivity contribution is 4.86. The highest BCUT2D eigenvalue weighted by Gasteiger charge is 2.25. The van der Waals surface area contributed by atoms with E-state index in [2.05, 4.69) is 26.0 Å². The molecular formula is C15H26N4. The Morgan fingerprint density at radius 1 is 1.16 bits per heavy atom. The Kier molecular flexibility index (Phi) is 4.51. The molecule has 1 saturated carbocycles. The van der Waals surface area contributed by atoms with Crippen LogP contribution in [0.15, 0.2) is 18.7 Å². The number of rotatable bonds is 7. The summed E-state index contributed by atoms with van der Waals surface area (Å²) < 4.78 is 2.18. The van der Waals surface area contributed by atoms with Gasteiger partial charge in [-0.25, -0.2) is 4.98 Å². The molecule has 1 aliphatic carbocycles. The standard InChI is InChI=1S/C15H26N4/c1-2-9-19(10-3-8-18-11-7-16-13-18)15(4-1)12-17-14-5-6-14/h7,11,13-15,17H,1-6,8-10,12H2. The summed E-state index contributed by atoms with van der Waals surface area (Å²) in [4.78, 5) is 6.80. The van der Waals surface area contributed by atoms with Crippen LogP contribution in [0.5, 0.6) is 0 Å². The second kappa shape index (κ2) is 6.53. The van der Waals surface area contributed by atoms with Crippen LogP contribution in [-0.2, 0) is 6.54 Å². The summed E-state index contributed by atoms with van der Waals surface area (Å²) in [7, 11) is 0. The van der Waals surface area contributed by atoms with Crippen molar-refractivity contribution in [2.75, 3.05) is 19.6 Å². The topological polar surface area (TPSA) is 33.1 Å². The molecule has 19 heavy (non-hydrogen) atoms. The van der Waals surface area contributed by atoms with E-state index in [1.807, 2.05) is 12.5 Å². The number of aryl methyl sites for hydroxylation is 1. The molecule has 1 atom stereocenters. The van der Waals surface area contributed by atoms with Crippen LogP contribution in [0.3, 0.4) is 0 Å². The van der Waals surface area contributed by atoms with Crippen molar-refractivity contribution in [3.05, 3.63) is 18.7 Å². The molecule has 2 aliphatic rings. The van der Waals surface area contributed by atoms with E-state index in [0.717, 1.165) is 18.6 Å². The average molecular weight is 262 g/mol. The molecule has 1 unspecified atom stereocenters. The third-order valence-electron chi connectivity index (χ3n) is 4.39. The molecule has 0 radical (unpaired) electrons. The van der Waals surface area contributed by atoms with Gasteiger partial charge in [-0.05, 0) is 38.6 Å². The molecular weight excluding hydrogens is 236 g/mol. The van der Waals surface area contributed by atoms with E-state index in [0.29, 0.717) is 0 Å². The minimum Gasteiger partial charge on any atom is -0.337 e. The smallest absolute Gasteiger partial charge is 0.0945 e. The van der Waals surface area contributed by atoms with Gasteiger partial charge in [-0.1, -0.05) is 6.42 Å². The summed E-state index contributed by atoms with van der Waals surface area (Å²) in [6.07, 6.45) is 14.0. The van der Waals surface area contributed by atoms with Crippen LogP contribution in [0, 0.1) is 0 Å². The fourth-order valence-electron chi connectivity index (χ4n) is 3.05. The van der Waals surface area contributed by atoms with Gasteiger partial charge in [0.25, 0.3) is 0 Å². The molecule has 2 fully saturated rings. The summed E-state index contributed by atoms with van der Waals surface area (Å²) in [6.45, 7) is 4.82. The second-order valence-corrected chi connectivity index (χ2v) is 6.02. The average Bonchev–Trinajstić information content (AvgIpc) is 3.13. The lowest BCUT2D eigenvalue weighted by molar-refractivity contribution is 0.141. The van der Waals surface area contributed by atoms with E-state index >= 15 is 0 Å². The van der Waals surface area contributed by atoms with Crippen LogP contribution >= 0.6 is 0 Å². The van der Waals surface area contributed by atoms with Gasteiger partial charge in [0, 0.05) is 44.1 Å². The number of nitrogens with one attached hydrogen (secondary N) is 1. The van der Waals surface area contributed by atoms with Crippen molar-refractivity contribution in [2.24, 2.45) is 0 Å². The van der Waals surface area contributed by atoms with Gasteiger partial charge in [0.15, 0.2) is 0 Å². The van der Waals surface area contributed by atoms with E-state index < -0.39 is 0 Å². The highest BCUT2D eigenvalue weighted by Crippen LogP contribution is 2.21. The Balaban J connectivity index is 1.40. The van der Waals surface area contributed by atoms with Crippen LogP contribution in [0.2, 0.25) is 0 Å². The number of likely N-dealkylation sites (tertiary alicyclic amines) is 1. The van der Waals surface area contributed by atoms with E-state index in [1.165, 1.54) is 58.2 Å². The molecule has 1 saturated heterocycles. The molecule has 0 amide bonds. The molecule has 1 aromatic heterocycles. The van der Waals surface area contributed by atoms with Gasteiger partial charge in [-0.2, -0.15) is 0 Å². The van der Waals surface area contributed by atoms with E-state index in [4.69, 9.17) is 0 Å². The molecule has 2 heterocycles. The zero-order valence-electron chi connectivity index (χ0n) is 11.8. The monoisotopic (exact) mass is 262 g/mol. The Morgan fingerprint density at radius 2 is 2.11 bits per heavy atom. The maximum absolute atomic E-state index is 4.10. The first-order valence-corrected chi connectivity index (χ1v) is 7.85. The molecule has 0 spiro atoms. The maximum Gasteiger partial charge on any atom is 0.0945 e. The zero-order chi connectivity index (χ0) is 12.9. The second-order valence-electron chi connectivity index (χ2n) is 6.02. The number of imidazole rings is 1. The van der Waals surface area contributed by atoms with Crippen molar-refractivity contribution in [3.63, 3.8) is 0 Å². The lowest BCUT2D eigenvalue weighted by atomic mass is 10.0. The molecule has 4 nitrogen and oxygen atoms in total. The molecule has 4 heteroatoms. The molecule has 1 aromatic rings. The third-order valence-corrected chi connectivity index (χ3v) is 4.39. The van der Waals surface area contributed by atoms with Crippen molar-refractivity contribution >= 4 is 0 Å². The molecule has 1 N–H and O–H groups in total.